The largest absolute Gasteiger partial charge is 0.506 e. The quantitative estimate of drug-likeness (QED) is 0.745. The molecule has 0 saturated carbocycles. The van der Waals surface area contributed by atoms with Gasteiger partial charge in [-0.2, -0.15) is 0 Å². The fourth-order valence-electron chi connectivity index (χ4n) is 1.34. The van der Waals surface area contributed by atoms with Crippen molar-refractivity contribution < 1.29 is 19.8 Å². The zero-order chi connectivity index (χ0) is 11.6. The van der Waals surface area contributed by atoms with Crippen LogP contribution in [-0.4, -0.2) is 22.0 Å². The van der Waals surface area contributed by atoms with Gasteiger partial charge in [0, 0.05) is 6.42 Å². The Morgan fingerprint density at radius 1 is 1.27 bits per heavy atom. The average molecular weight is 208 g/mol. The van der Waals surface area contributed by atoms with Crippen molar-refractivity contribution in [1.82, 2.24) is 0 Å². The lowest BCUT2D eigenvalue weighted by atomic mass is 10.0. The molecule has 0 aliphatic carbocycles. The van der Waals surface area contributed by atoms with E-state index in [0.29, 0.717) is 5.56 Å². The predicted octanol–water partition coefficient (Wildman–Crippen LogP) is 1.99. The minimum absolute atomic E-state index is 0.0786. The van der Waals surface area contributed by atoms with Gasteiger partial charge in [0.1, 0.15) is 11.3 Å². The number of aromatic carboxylic acids is 1. The zero-order valence-electron chi connectivity index (χ0n) is 8.57. The molecule has 0 bridgehead atoms. The summed E-state index contributed by atoms with van der Waals surface area (Å²) in [5, 5.41) is 18.4. The molecule has 15 heavy (non-hydrogen) atoms. The molecule has 1 rings (SSSR count). The number of ketones is 1. The third-order valence-corrected chi connectivity index (χ3v) is 2.11. The number of Topliss-reactive ketones (excluding diaryl/α,β-unsaturated/α-hetero) is 1. The van der Waals surface area contributed by atoms with Crippen LogP contribution in [0.1, 0.15) is 39.6 Å². The van der Waals surface area contributed by atoms with E-state index in [1.54, 1.807) is 13.8 Å². The summed E-state index contributed by atoms with van der Waals surface area (Å²) in [7, 11) is 0. The first-order valence-electron chi connectivity index (χ1n) is 4.57. The number of carboxylic acid groups (broad SMARTS) is 1. The molecule has 0 aromatic heterocycles. The van der Waals surface area contributed by atoms with E-state index in [4.69, 9.17) is 5.11 Å². The normalized spacial score (nSPS) is 10.0. The Hall–Kier alpha value is -1.84. The average Bonchev–Trinajstić information content (AvgIpc) is 2.19. The summed E-state index contributed by atoms with van der Waals surface area (Å²) < 4.78 is 0. The predicted molar refractivity (Wildman–Crippen MR) is 54.4 cm³/mol. The second kappa shape index (κ2) is 4.13. The number of hydrogen-bond acceptors (Lipinski definition) is 3. The van der Waals surface area contributed by atoms with Crippen LogP contribution in [0.15, 0.2) is 12.1 Å². The molecule has 0 fully saturated rings. The SMILES string of the molecule is CCC(=O)c1cc(C)cc(C(=O)O)c1O. The first-order valence-corrected chi connectivity index (χ1v) is 4.57. The lowest BCUT2D eigenvalue weighted by molar-refractivity contribution is 0.0693. The van der Waals surface area contributed by atoms with Crippen LogP contribution in [0.5, 0.6) is 5.75 Å². The number of aromatic hydroxyl groups is 1. The summed E-state index contributed by atoms with van der Waals surface area (Å²) >= 11 is 0. The van der Waals surface area contributed by atoms with Crippen LogP contribution >= 0.6 is 0 Å². The molecule has 0 saturated heterocycles. The molecule has 4 nitrogen and oxygen atoms in total. The maximum Gasteiger partial charge on any atom is 0.339 e. The van der Waals surface area contributed by atoms with Crippen molar-refractivity contribution in [2.45, 2.75) is 20.3 Å². The minimum Gasteiger partial charge on any atom is -0.506 e. The third kappa shape index (κ3) is 2.15. The lowest BCUT2D eigenvalue weighted by Crippen LogP contribution is -2.04. The Morgan fingerprint density at radius 3 is 2.27 bits per heavy atom. The van der Waals surface area contributed by atoms with E-state index >= 15 is 0 Å². The highest BCUT2D eigenvalue weighted by molar-refractivity contribution is 6.03. The van der Waals surface area contributed by atoms with Gasteiger partial charge in [0.05, 0.1) is 5.56 Å². The molecule has 0 unspecified atom stereocenters. The molecule has 1 aromatic carbocycles. The Morgan fingerprint density at radius 2 is 1.80 bits per heavy atom. The first kappa shape index (κ1) is 11.2. The Bertz CT molecular complexity index is 421. The standard InChI is InChI=1S/C11H12O4/c1-3-9(12)7-4-6(2)5-8(10(7)13)11(14)15/h4-5,13H,3H2,1-2H3,(H,14,15). The minimum atomic E-state index is -1.23. The van der Waals surface area contributed by atoms with E-state index in [9.17, 15) is 14.7 Å². The zero-order valence-corrected chi connectivity index (χ0v) is 8.57. The second-order valence-corrected chi connectivity index (χ2v) is 3.29. The van der Waals surface area contributed by atoms with Gasteiger partial charge < -0.3 is 10.2 Å². The van der Waals surface area contributed by atoms with E-state index in [0.717, 1.165) is 0 Å². The monoisotopic (exact) mass is 208 g/mol. The first-order chi connectivity index (χ1) is 6.97. The van der Waals surface area contributed by atoms with Gasteiger partial charge in [0.25, 0.3) is 0 Å². The van der Waals surface area contributed by atoms with Crippen LogP contribution in [-0.2, 0) is 0 Å². The number of phenols is 1. The van der Waals surface area contributed by atoms with Gasteiger partial charge >= 0.3 is 5.97 Å². The van der Waals surface area contributed by atoms with Crippen molar-refractivity contribution in [1.29, 1.82) is 0 Å². The Labute approximate surface area is 87.2 Å². The fraction of sp³-hybridized carbons (Fsp3) is 0.273. The molecular formula is C11H12O4. The van der Waals surface area contributed by atoms with E-state index < -0.39 is 11.7 Å². The van der Waals surface area contributed by atoms with E-state index in [1.165, 1.54) is 12.1 Å². The van der Waals surface area contributed by atoms with Gasteiger partial charge in [0.15, 0.2) is 5.78 Å². The number of rotatable bonds is 3. The summed E-state index contributed by atoms with van der Waals surface area (Å²) in [6.07, 6.45) is 0.232. The summed E-state index contributed by atoms with van der Waals surface area (Å²) in [4.78, 5) is 22.2. The van der Waals surface area contributed by atoms with Crippen LogP contribution in [0.3, 0.4) is 0 Å². The van der Waals surface area contributed by atoms with E-state index in [1.807, 2.05) is 0 Å². The molecule has 0 spiro atoms. The molecule has 0 aliphatic heterocycles. The number of carbonyl (C=O) groups is 2. The molecule has 0 amide bonds. The van der Waals surface area contributed by atoms with Gasteiger partial charge in [0.2, 0.25) is 0 Å². The maximum absolute atomic E-state index is 11.4. The van der Waals surface area contributed by atoms with Crippen molar-refractivity contribution in [2.24, 2.45) is 0 Å². The van der Waals surface area contributed by atoms with Gasteiger partial charge in [-0.05, 0) is 24.6 Å². The van der Waals surface area contributed by atoms with Crippen molar-refractivity contribution in [3.05, 3.63) is 28.8 Å². The summed E-state index contributed by atoms with van der Waals surface area (Å²) in [6, 6.07) is 2.83. The molecule has 0 aliphatic rings. The topological polar surface area (TPSA) is 74.6 Å². The highest BCUT2D eigenvalue weighted by Gasteiger charge is 2.17. The van der Waals surface area contributed by atoms with Gasteiger partial charge in [-0.15, -0.1) is 0 Å². The van der Waals surface area contributed by atoms with Crippen LogP contribution in [0.4, 0.5) is 0 Å². The van der Waals surface area contributed by atoms with Crippen LogP contribution in [0, 0.1) is 6.92 Å². The molecular weight excluding hydrogens is 196 g/mol. The molecule has 0 heterocycles. The second-order valence-electron chi connectivity index (χ2n) is 3.29. The smallest absolute Gasteiger partial charge is 0.339 e. The number of benzene rings is 1. The number of carboxylic acids is 1. The van der Waals surface area contributed by atoms with Crippen LogP contribution < -0.4 is 0 Å². The Balaban J connectivity index is 3.41. The summed E-state index contributed by atoms with van der Waals surface area (Å²) in [5.41, 5.74) is 0.490. The Kier molecular flexibility index (Phi) is 3.09. The van der Waals surface area contributed by atoms with Crippen molar-refractivity contribution >= 4 is 11.8 Å². The van der Waals surface area contributed by atoms with Gasteiger partial charge in [-0.25, -0.2) is 4.79 Å². The molecule has 0 atom stereocenters. The molecule has 80 valence electrons. The summed E-state index contributed by atoms with van der Waals surface area (Å²) in [6.45, 7) is 3.34. The van der Waals surface area contributed by atoms with E-state index in [-0.39, 0.29) is 23.3 Å². The number of hydrogen-bond donors (Lipinski definition) is 2. The third-order valence-electron chi connectivity index (χ3n) is 2.11. The van der Waals surface area contributed by atoms with Gasteiger partial charge in [-0.3, -0.25) is 4.79 Å². The lowest BCUT2D eigenvalue weighted by Gasteiger charge is -2.07. The van der Waals surface area contributed by atoms with Crippen molar-refractivity contribution in [3.63, 3.8) is 0 Å². The van der Waals surface area contributed by atoms with Gasteiger partial charge in [-0.1, -0.05) is 6.92 Å². The number of aryl methyl sites for hydroxylation is 1. The molecule has 1 aromatic rings. The highest BCUT2D eigenvalue weighted by Crippen LogP contribution is 2.25. The molecule has 0 radical (unpaired) electrons. The van der Waals surface area contributed by atoms with Crippen molar-refractivity contribution in [2.75, 3.05) is 0 Å². The molecule has 2 N–H and O–H groups in total. The van der Waals surface area contributed by atoms with Crippen LogP contribution in [0.25, 0.3) is 0 Å². The molecule has 4 heteroatoms. The van der Waals surface area contributed by atoms with Crippen molar-refractivity contribution in [3.8, 4) is 5.75 Å². The fourth-order valence-corrected chi connectivity index (χ4v) is 1.34. The number of carbonyl (C=O) groups excluding carboxylic acids is 1. The van der Waals surface area contributed by atoms with Crippen LogP contribution in [0.2, 0.25) is 0 Å². The highest BCUT2D eigenvalue weighted by atomic mass is 16.4. The van der Waals surface area contributed by atoms with E-state index in [2.05, 4.69) is 0 Å². The maximum atomic E-state index is 11.4. The summed E-state index contributed by atoms with van der Waals surface area (Å²) in [5.74, 6) is -1.94.